The topological polar surface area (TPSA) is 24.3 Å². The molecule has 2 heterocycles. The summed E-state index contributed by atoms with van der Waals surface area (Å²) in [5.74, 6) is -0.122. The lowest BCUT2D eigenvalue weighted by Crippen LogP contribution is -2.47. The van der Waals surface area contributed by atoms with Crippen LogP contribution in [0.2, 0.25) is 0 Å². The van der Waals surface area contributed by atoms with Gasteiger partial charge >= 0.3 is 0 Å². The van der Waals surface area contributed by atoms with E-state index in [0.717, 1.165) is 69.8 Å². The quantitative estimate of drug-likeness (QED) is 0.541. The number of aromatic nitrogens is 2. The first-order valence-corrected chi connectivity index (χ1v) is 11.1. The summed E-state index contributed by atoms with van der Waals surface area (Å²) in [6.45, 7) is 6.99. The van der Waals surface area contributed by atoms with Crippen LogP contribution in [0.25, 0.3) is 5.69 Å². The fourth-order valence-corrected chi connectivity index (χ4v) is 4.23. The van der Waals surface area contributed by atoms with Crippen LogP contribution in [0.4, 0.5) is 10.1 Å². The Balaban J connectivity index is 1.29. The van der Waals surface area contributed by atoms with Crippen molar-refractivity contribution in [1.29, 1.82) is 0 Å². The number of halogens is 1. The largest absolute Gasteiger partial charge is 0.367 e. The maximum Gasteiger partial charge on any atom is 0.146 e. The number of para-hydroxylation sites is 2. The molecule has 5 heteroatoms. The number of nitrogens with zero attached hydrogens (tertiary/aromatic N) is 4. The van der Waals surface area contributed by atoms with E-state index in [9.17, 15) is 4.39 Å². The fourth-order valence-electron chi connectivity index (χ4n) is 4.23. The lowest BCUT2D eigenvalue weighted by atomic mass is 10.1. The molecule has 1 saturated heterocycles. The molecule has 0 amide bonds. The zero-order chi connectivity index (χ0) is 20.8. The van der Waals surface area contributed by atoms with Crippen LogP contribution in [-0.4, -0.2) is 47.4 Å². The Morgan fingerprint density at radius 2 is 1.63 bits per heavy atom. The van der Waals surface area contributed by atoms with E-state index in [4.69, 9.17) is 5.10 Å². The van der Waals surface area contributed by atoms with Crippen molar-refractivity contribution in [3.05, 3.63) is 77.9 Å². The van der Waals surface area contributed by atoms with Gasteiger partial charge in [0.05, 0.1) is 17.1 Å². The smallest absolute Gasteiger partial charge is 0.146 e. The van der Waals surface area contributed by atoms with Crippen LogP contribution in [0.5, 0.6) is 0 Å². The van der Waals surface area contributed by atoms with Crippen LogP contribution >= 0.6 is 0 Å². The lowest BCUT2D eigenvalue weighted by Gasteiger charge is -2.36. The highest BCUT2D eigenvalue weighted by molar-refractivity contribution is 5.48. The minimum atomic E-state index is -0.122. The molecule has 0 saturated carbocycles. The summed E-state index contributed by atoms with van der Waals surface area (Å²) in [5, 5.41) is 4.89. The van der Waals surface area contributed by atoms with Gasteiger partial charge in [-0.1, -0.05) is 43.7 Å². The standard InChI is InChI=1S/C25H31FN4/c1-2-9-23-20-21(27-30(23)22-11-4-3-5-12-22)10-8-15-28-16-18-29(19-17-28)25-14-7-6-13-24(25)26/h3-7,11-14,20H,2,8-10,15-19H2,1H3. The van der Waals surface area contributed by atoms with Gasteiger partial charge in [0, 0.05) is 31.9 Å². The second kappa shape index (κ2) is 9.90. The van der Waals surface area contributed by atoms with Crippen LogP contribution < -0.4 is 4.90 Å². The average Bonchev–Trinajstić information content (AvgIpc) is 3.18. The van der Waals surface area contributed by atoms with Crippen molar-refractivity contribution in [1.82, 2.24) is 14.7 Å². The summed E-state index contributed by atoms with van der Waals surface area (Å²) in [5.41, 5.74) is 4.33. The molecule has 0 atom stereocenters. The molecule has 3 aromatic rings. The van der Waals surface area contributed by atoms with E-state index in [1.807, 2.05) is 18.2 Å². The van der Waals surface area contributed by atoms with Gasteiger partial charge in [0.15, 0.2) is 0 Å². The Morgan fingerprint density at radius 1 is 0.900 bits per heavy atom. The van der Waals surface area contributed by atoms with Crippen molar-refractivity contribution in [3.8, 4) is 5.69 Å². The SMILES string of the molecule is CCCc1cc(CCCN2CCN(c3ccccc3F)CC2)nn1-c1ccccc1. The molecule has 4 nitrogen and oxygen atoms in total. The molecule has 0 bridgehead atoms. The molecule has 1 aromatic heterocycles. The van der Waals surface area contributed by atoms with E-state index < -0.39 is 0 Å². The summed E-state index contributed by atoms with van der Waals surface area (Å²) in [4.78, 5) is 4.64. The maximum atomic E-state index is 14.0. The molecule has 0 N–H and O–H groups in total. The molecule has 0 unspecified atom stereocenters. The first kappa shape index (κ1) is 20.6. The van der Waals surface area contributed by atoms with Gasteiger partial charge in [0.25, 0.3) is 0 Å². The predicted molar refractivity (Wildman–Crippen MR) is 121 cm³/mol. The normalized spacial score (nSPS) is 14.9. The Labute approximate surface area is 178 Å². The molecular formula is C25H31FN4. The summed E-state index contributed by atoms with van der Waals surface area (Å²) in [6, 6.07) is 19.7. The molecule has 0 radical (unpaired) electrons. The number of benzene rings is 2. The predicted octanol–water partition coefficient (Wildman–Crippen LogP) is 4.72. The molecule has 0 spiro atoms. The van der Waals surface area contributed by atoms with Crippen molar-refractivity contribution in [2.75, 3.05) is 37.6 Å². The number of piperazine rings is 1. The summed E-state index contributed by atoms with van der Waals surface area (Å²) in [6.07, 6.45) is 4.24. The van der Waals surface area contributed by atoms with Gasteiger partial charge < -0.3 is 4.90 Å². The zero-order valence-corrected chi connectivity index (χ0v) is 17.8. The highest BCUT2D eigenvalue weighted by Crippen LogP contribution is 2.20. The van der Waals surface area contributed by atoms with Crippen LogP contribution in [0.3, 0.4) is 0 Å². The average molecular weight is 407 g/mol. The second-order valence-corrected chi connectivity index (χ2v) is 8.01. The highest BCUT2D eigenvalue weighted by atomic mass is 19.1. The number of aryl methyl sites for hydroxylation is 2. The van der Waals surface area contributed by atoms with Gasteiger partial charge in [-0.2, -0.15) is 5.10 Å². The summed E-state index contributed by atoms with van der Waals surface area (Å²) >= 11 is 0. The van der Waals surface area contributed by atoms with Crippen molar-refractivity contribution in [3.63, 3.8) is 0 Å². The van der Waals surface area contributed by atoms with E-state index in [1.165, 1.54) is 11.4 Å². The van der Waals surface area contributed by atoms with Gasteiger partial charge in [0.1, 0.15) is 5.82 Å². The Hall–Kier alpha value is -2.66. The van der Waals surface area contributed by atoms with Crippen molar-refractivity contribution in [2.24, 2.45) is 0 Å². The van der Waals surface area contributed by atoms with E-state index in [-0.39, 0.29) is 5.82 Å². The minimum absolute atomic E-state index is 0.122. The van der Waals surface area contributed by atoms with Crippen molar-refractivity contribution >= 4 is 5.69 Å². The molecule has 0 aliphatic carbocycles. The Bertz CT molecular complexity index is 929. The highest BCUT2D eigenvalue weighted by Gasteiger charge is 2.19. The van der Waals surface area contributed by atoms with Crippen molar-refractivity contribution < 1.29 is 4.39 Å². The minimum Gasteiger partial charge on any atom is -0.367 e. The van der Waals surface area contributed by atoms with Crippen molar-refractivity contribution in [2.45, 2.75) is 32.6 Å². The zero-order valence-electron chi connectivity index (χ0n) is 17.8. The first-order chi connectivity index (χ1) is 14.7. The van der Waals surface area contributed by atoms with Gasteiger partial charge in [-0.3, -0.25) is 4.90 Å². The third-order valence-electron chi connectivity index (χ3n) is 5.81. The van der Waals surface area contributed by atoms with Gasteiger partial charge in [0.2, 0.25) is 0 Å². The molecule has 158 valence electrons. The van der Waals surface area contributed by atoms with Gasteiger partial charge in [-0.25, -0.2) is 9.07 Å². The Kier molecular flexibility index (Phi) is 6.80. The molecule has 1 aliphatic rings. The van der Waals surface area contributed by atoms with Crippen LogP contribution in [0.15, 0.2) is 60.7 Å². The second-order valence-electron chi connectivity index (χ2n) is 8.01. The molecule has 1 fully saturated rings. The number of anilines is 1. The molecule has 1 aliphatic heterocycles. The van der Waals surface area contributed by atoms with Gasteiger partial charge in [-0.15, -0.1) is 0 Å². The monoisotopic (exact) mass is 406 g/mol. The van der Waals surface area contributed by atoms with E-state index in [1.54, 1.807) is 12.1 Å². The number of hydrogen-bond acceptors (Lipinski definition) is 3. The first-order valence-electron chi connectivity index (χ1n) is 11.1. The maximum absolute atomic E-state index is 14.0. The third-order valence-corrected chi connectivity index (χ3v) is 5.81. The lowest BCUT2D eigenvalue weighted by molar-refractivity contribution is 0.254. The molecule has 30 heavy (non-hydrogen) atoms. The van der Waals surface area contributed by atoms with E-state index in [0.29, 0.717) is 0 Å². The van der Waals surface area contributed by atoms with Crippen LogP contribution in [0.1, 0.15) is 31.2 Å². The van der Waals surface area contributed by atoms with Crippen LogP contribution in [-0.2, 0) is 12.8 Å². The van der Waals surface area contributed by atoms with Gasteiger partial charge in [-0.05, 0) is 56.1 Å². The summed E-state index contributed by atoms with van der Waals surface area (Å²) in [7, 11) is 0. The third kappa shape index (κ3) is 4.90. The molecule has 2 aromatic carbocycles. The number of rotatable bonds is 8. The van der Waals surface area contributed by atoms with E-state index in [2.05, 4.69) is 51.7 Å². The van der Waals surface area contributed by atoms with Crippen LogP contribution in [0, 0.1) is 5.82 Å². The van der Waals surface area contributed by atoms with E-state index >= 15 is 0 Å². The number of hydrogen-bond donors (Lipinski definition) is 0. The summed E-state index contributed by atoms with van der Waals surface area (Å²) < 4.78 is 16.1. The fraction of sp³-hybridized carbons (Fsp3) is 0.400. The Morgan fingerprint density at radius 3 is 2.37 bits per heavy atom. The molecular weight excluding hydrogens is 375 g/mol. The molecule has 4 rings (SSSR count).